The summed E-state index contributed by atoms with van der Waals surface area (Å²) < 4.78 is 7.63. The van der Waals surface area contributed by atoms with Crippen molar-refractivity contribution in [3.63, 3.8) is 0 Å². The average molecular weight is 518 g/mol. The molecule has 0 aliphatic rings. The largest absolute Gasteiger partial charge is 0.423 e. The van der Waals surface area contributed by atoms with E-state index in [1.54, 1.807) is 17.8 Å². The van der Waals surface area contributed by atoms with Gasteiger partial charge in [-0.25, -0.2) is 4.79 Å². The minimum Gasteiger partial charge on any atom is -0.423 e. The van der Waals surface area contributed by atoms with Crippen LogP contribution in [0.5, 0.6) is 0 Å². The highest BCUT2D eigenvalue weighted by Gasteiger charge is 2.18. The van der Waals surface area contributed by atoms with Crippen LogP contribution in [0.4, 0.5) is 0 Å². The van der Waals surface area contributed by atoms with Crippen molar-refractivity contribution in [1.82, 2.24) is 14.8 Å². The predicted molar refractivity (Wildman–Crippen MR) is 154 cm³/mol. The maximum absolute atomic E-state index is 12.3. The third-order valence-electron chi connectivity index (χ3n) is 6.86. The van der Waals surface area contributed by atoms with Crippen molar-refractivity contribution in [2.24, 2.45) is 0 Å². The summed E-state index contributed by atoms with van der Waals surface area (Å²) in [4.78, 5) is 12.3. The highest BCUT2D eigenvalue weighted by atomic mass is 32.2. The van der Waals surface area contributed by atoms with Crippen LogP contribution >= 0.6 is 11.8 Å². The number of aromatic nitrogens is 3. The van der Waals surface area contributed by atoms with Gasteiger partial charge in [0.05, 0.1) is 5.69 Å². The van der Waals surface area contributed by atoms with Crippen LogP contribution in [-0.2, 0) is 12.2 Å². The molecule has 0 saturated heterocycles. The van der Waals surface area contributed by atoms with Crippen molar-refractivity contribution in [2.45, 2.75) is 38.1 Å². The van der Waals surface area contributed by atoms with Gasteiger partial charge in [-0.15, -0.1) is 10.2 Å². The molecule has 0 unspecified atom stereocenters. The smallest absolute Gasteiger partial charge is 0.336 e. The number of thioether (sulfide) groups is 1. The predicted octanol–water partition coefficient (Wildman–Crippen LogP) is 7.34. The standard InChI is InChI=1S/C32H27N3O2S/c1-20-12-14-28(22(3)15-20)35-30(17-24-9-6-8-23-7-4-5-10-26(23)24)33-34-32(35)38-19-25-18-31(36)37-29-16-21(2)11-13-27(25)29/h4-16,18H,17,19H2,1-3H3. The number of fused-ring (bicyclic) bond motifs is 2. The molecule has 0 radical (unpaired) electrons. The molecular weight excluding hydrogens is 490 g/mol. The van der Waals surface area contributed by atoms with Crippen LogP contribution in [0.25, 0.3) is 27.4 Å². The molecule has 0 saturated carbocycles. The molecular formula is C32H27N3O2S. The van der Waals surface area contributed by atoms with Crippen molar-refractivity contribution in [2.75, 3.05) is 0 Å². The van der Waals surface area contributed by atoms with Crippen LogP contribution < -0.4 is 5.63 Å². The Morgan fingerprint density at radius 1 is 0.789 bits per heavy atom. The van der Waals surface area contributed by atoms with E-state index in [9.17, 15) is 4.79 Å². The second kappa shape index (κ2) is 9.95. The molecule has 6 rings (SSSR count). The van der Waals surface area contributed by atoms with Gasteiger partial charge in [0.1, 0.15) is 11.4 Å². The van der Waals surface area contributed by atoms with Gasteiger partial charge in [0.25, 0.3) is 0 Å². The first kappa shape index (κ1) is 24.2. The summed E-state index contributed by atoms with van der Waals surface area (Å²) in [5, 5.41) is 13.5. The summed E-state index contributed by atoms with van der Waals surface area (Å²) in [6.07, 6.45) is 0.652. The van der Waals surface area contributed by atoms with Gasteiger partial charge in [0, 0.05) is 23.6 Å². The number of rotatable bonds is 6. The molecule has 188 valence electrons. The van der Waals surface area contributed by atoms with Gasteiger partial charge in [-0.2, -0.15) is 0 Å². The minimum atomic E-state index is -0.341. The van der Waals surface area contributed by atoms with Crippen molar-refractivity contribution in [3.8, 4) is 5.69 Å². The van der Waals surface area contributed by atoms with Gasteiger partial charge in [-0.3, -0.25) is 4.57 Å². The van der Waals surface area contributed by atoms with Crippen LogP contribution in [-0.4, -0.2) is 14.8 Å². The van der Waals surface area contributed by atoms with Crippen LogP contribution in [0.2, 0.25) is 0 Å². The lowest BCUT2D eigenvalue weighted by atomic mass is 10.0. The van der Waals surface area contributed by atoms with Gasteiger partial charge in [0.15, 0.2) is 5.16 Å². The maximum atomic E-state index is 12.3. The Balaban J connectivity index is 1.42. The molecule has 2 aromatic heterocycles. The van der Waals surface area contributed by atoms with Crippen LogP contribution in [0.3, 0.4) is 0 Å². The molecule has 0 fully saturated rings. The average Bonchev–Trinajstić information content (AvgIpc) is 3.29. The summed E-state index contributed by atoms with van der Waals surface area (Å²) in [5.74, 6) is 1.45. The Bertz CT molecular complexity index is 1860. The lowest BCUT2D eigenvalue weighted by Crippen LogP contribution is -2.06. The molecule has 0 bridgehead atoms. The van der Waals surface area contributed by atoms with E-state index in [2.05, 4.69) is 89.3 Å². The van der Waals surface area contributed by atoms with Gasteiger partial charge < -0.3 is 4.42 Å². The maximum Gasteiger partial charge on any atom is 0.336 e. The molecule has 6 heteroatoms. The zero-order chi connectivity index (χ0) is 26.2. The number of hydrogen-bond donors (Lipinski definition) is 0. The summed E-state index contributed by atoms with van der Waals surface area (Å²) >= 11 is 1.58. The van der Waals surface area contributed by atoms with Crippen molar-refractivity contribution >= 4 is 33.5 Å². The van der Waals surface area contributed by atoms with Gasteiger partial charge in [-0.1, -0.05) is 84.1 Å². The van der Waals surface area contributed by atoms with E-state index in [1.807, 2.05) is 25.1 Å². The summed E-state index contributed by atoms with van der Waals surface area (Å²) in [6.45, 7) is 6.21. The Morgan fingerprint density at radius 3 is 2.45 bits per heavy atom. The highest BCUT2D eigenvalue weighted by molar-refractivity contribution is 7.98. The quantitative estimate of drug-likeness (QED) is 0.171. The first-order valence-electron chi connectivity index (χ1n) is 12.6. The molecule has 0 aliphatic heterocycles. The zero-order valence-corrected chi connectivity index (χ0v) is 22.4. The molecule has 2 heterocycles. The monoisotopic (exact) mass is 517 g/mol. The van der Waals surface area contributed by atoms with E-state index < -0.39 is 0 Å². The molecule has 0 amide bonds. The molecule has 0 spiro atoms. The minimum absolute atomic E-state index is 0.341. The van der Waals surface area contributed by atoms with Crippen molar-refractivity contribution in [3.05, 3.63) is 129 Å². The van der Waals surface area contributed by atoms with Crippen LogP contribution in [0.15, 0.2) is 99.3 Å². The second-order valence-corrected chi connectivity index (χ2v) is 10.7. The lowest BCUT2D eigenvalue weighted by Gasteiger charge is -2.14. The Hall–Kier alpha value is -4.16. The summed E-state index contributed by atoms with van der Waals surface area (Å²) in [7, 11) is 0. The Labute approximate surface area is 225 Å². The lowest BCUT2D eigenvalue weighted by molar-refractivity contribution is 0.559. The van der Waals surface area contributed by atoms with Crippen LogP contribution in [0.1, 0.15) is 33.6 Å². The molecule has 0 atom stereocenters. The fourth-order valence-electron chi connectivity index (χ4n) is 5.02. The van der Waals surface area contributed by atoms with E-state index >= 15 is 0 Å². The first-order valence-corrected chi connectivity index (χ1v) is 13.6. The van der Waals surface area contributed by atoms with Crippen molar-refractivity contribution < 1.29 is 4.42 Å². The third-order valence-corrected chi connectivity index (χ3v) is 7.84. The molecule has 38 heavy (non-hydrogen) atoms. The number of benzene rings is 4. The van der Waals surface area contributed by atoms with E-state index in [-0.39, 0.29) is 5.63 Å². The fourth-order valence-corrected chi connectivity index (χ4v) is 5.98. The number of nitrogens with zero attached hydrogens (tertiary/aromatic N) is 3. The van der Waals surface area contributed by atoms with E-state index in [1.165, 1.54) is 21.9 Å². The van der Waals surface area contributed by atoms with Gasteiger partial charge >= 0.3 is 5.63 Å². The van der Waals surface area contributed by atoms with Crippen molar-refractivity contribution in [1.29, 1.82) is 0 Å². The topological polar surface area (TPSA) is 60.9 Å². The molecule has 4 aromatic carbocycles. The van der Waals surface area contributed by atoms with E-state index in [4.69, 9.17) is 4.42 Å². The van der Waals surface area contributed by atoms with E-state index in [0.717, 1.165) is 38.7 Å². The Morgan fingerprint density at radius 2 is 1.58 bits per heavy atom. The second-order valence-electron chi connectivity index (χ2n) is 9.72. The van der Waals surface area contributed by atoms with E-state index in [0.29, 0.717) is 17.8 Å². The summed E-state index contributed by atoms with van der Waals surface area (Å²) in [5.41, 5.74) is 6.89. The van der Waals surface area contributed by atoms with Gasteiger partial charge in [0.2, 0.25) is 0 Å². The van der Waals surface area contributed by atoms with Crippen LogP contribution in [0, 0.1) is 20.8 Å². The molecule has 5 nitrogen and oxygen atoms in total. The Kier molecular flexibility index (Phi) is 6.34. The third kappa shape index (κ3) is 4.63. The van der Waals surface area contributed by atoms with Gasteiger partial charge in [-0.05, 0) is 65.9 Å². The SMILES string of the molecule is Cc1ccc(-n2c(Cc3cccc4ccccc34)nnc2SCc2cc(=O)oc3cc(C)ccc23)c(C)c1. The molecule has 6 aromatic rings. The number of aryl methyl sites for hydroxylation is 3. The first-order chi connectivity index (χ1) is 18.5. The number of hydrogen-bond acceptors (Lipinski definition) is 5. The molecule has 0 N–H and O–H groups in total. The summed E-state index contributed by atoms with van der Waals surface area (Å²) in [6, 6.07) is 28.8. The highest BCUT2D eigenvalue weighted by Crippen LogP contribution is 2.31. The zero-order valence-electron chi connectivity index (χ0n) is 21.6. The molecule has 0 aliphatic carbocycles. The normalized spacial score (nSPS) is 11.4. The fraction of sp³-hybridized carbons (Fsp3) is 0.156.